The summed E-state index contributed by atoms with van der Waals surface area (Å²) in [5, 5.41) is 2.97. The van der Waals surface area contributed by atoms with Gasteiger partial charge in [0.05, 0.1) is 19.7 Å². The van der Waals surface area contributed by atoms with Crippen molar-refractivity contribution in [2.24, 2.45) is 0 Å². The molecule has 0 spiro atoms. The summed E-state index contributed by atoms with van der Waals surface area (Å²) in [5.74, 6) is -0.381. The lowest BCUT2D eigenvalue weighted by atomic mass is 10.1. The van der Waals surface area contributed by atoms with Crippen molar-refractivity contribution in [3.63, 3.8) is 0 Å². The van der Waals surface area contributed by atoms with Crippen LogP contribution >= 0.6 is 0 Å². The normalized spacial score (nSPS) is 12.0. The topological polar surface area (TPSA) is 58.6 Å². The van der Waals surface area contributed by atoms with Gasteiger partial charge in [0.1, 0.15) is 0 Å². The molecule has 5 heteroatoms. The molecular weight excluding hydrogens is 268 g/mol. The van der Waals surface area contributed by atoms with Gasteiger partial charge in [0.15, 0.2) is 0 Å². The average molecular weight is 298 g/mol. The van der Waals surface area contributed by atoms with E-state index in [2.05, 4.69) is 18.8 Å². The van der Waals surface area contributed by atoms with Gasteiger partial charge >= 0.3 is 5.97 Å². The summed E-state index contributed by atoms with van der Waals surface area (Å²) in [5.41, 5.74) is 0. The largest absolute Gasteiger partial charge is 0.465 e. The summed E-state index contributed by atoms with van der Waals surface area (Å²) < 4.78 is 4.90. The minimum atomic E-state index is -0.317. The van der Waals surface area contributed by atoms with Gasteiger partial charge in [0.25, 0.3) is 0 Å². The van der Waals surface area contributed by atoms with E-state index in [1.807, 2.05) is 6.92 Å². The highest BCUT2D eigenvalue weighted by molar-refractivity contribution is 5.79. The van der Waals surface area contributed by atoms with Gasteiger partial charge in [-0.3, -0.25) is 14.5 Å². The van der Waals surface area contributed by atoms with Crippen LogP contribution in [-0.4, -0.2) is 49.1 Å². The Kier molecular flexibility index (Phi) is 11.6. The van der Waals surface area contributed by atoms with Crippen LogP contribution in [0.3, 0.4) is 0 Å². The smallest absolute Gasteiger partial charge is 0.320 e. The number of carbonyl (C=O) groups excluding carboxylic acids is 2. The Morgan fingerprint density at radius 3 is 2.57 bits per heavy atom. The molecule has 0 radical (unpaired) electrons. The van der Waals surface area contributed by atoms with E-state index < -0.39 is 0 Å². The van der Waals surface area contributed by atoms with E-state index in [9.17, 15) is 9.59 Å². The molecule has 5 nitrogen and oxygen atoms in total. The Labute approximate surface area is 128 Å². The molecule has 0 aliphatic heterocycles. The van der Waals surface area contributed by atoms with E-state index in [0.29, 0.717) is 13.2 Å². The Balaban J connectivity index is 4.14. The number of esters is 1. The number of rotatable bonds is 12. The van der Waals surface area contributed by atoms with Gasteiger partial charge in [0, 0.05) is 12.6 Å². The molecule has 21 heavy (non-hydrogen) atoms. The first-order chi connectivity index (χ1) is 10.0. The SMILES string of the molecule is C=CCN(CC(=O)NC(C)CCCCC)CC(=O)OCC. The van der Waals surface area contributed by atoms with Gasteiger partial charge in [-0.25, -0.2) is 0 Å². The highest BCUT2D eigenvalue weighted by atomic mass is 16.5. The number of amides is 1. The van der Waals surface area contributed by atoms with Crippen LogP contribution in [-0.2, 0) is 14.3 Å². The summed E-state index contributed by atoms with van der Waals surface area (Å²) in [6, 6.07) is 0.164. The third-order valence-electron chi connectivity index (χ3n) is 3.06. The summed E-state index contributed by atoms with van der Waals surface area (Å²) in [4.78, 5) is 25.2. The number of nitrogens with zero attached hydrogens (tertiary/aromatic N) is 1. The molecule has 0 aliphatic carbocycles. The zero-order valence-corrected chi connectivity index (χ0v) is 13.7. The highest BCUT2D eigenvalue weighted by Crippen LogP contribution is 2.03. The molecule has 122 valence electrons. The molecule has 0 saturated carbocycles. The molecule has 0 heterocycles. The predicted molar refractivity (Wildman–Crippen MR) is 85.0 cm³/mol. The second kappa shape index (κ2) is 12.4. The third-order valence-corrected chi connectivity index (χ3v) is 3.06. The summed E-state index contributed by atoms with van der Waals surface area (Å²) in [6.45, 7) is 10.7. The maximum absolute atomic E-state index is 12.0. The Hall–Kier alpha value is -1.36. The third kappa shape index (κ3) is 11.0. The summed E-state index contributed by atoms with van der Waals surface area (Å²) in [7, 11) is 0. The van der Waals surface area contributed by atoms with Crippen LogP contribution in [0.5, 0.6) is 0 Å². The monoisotopic (exact) mass is 298 g/mol. The molecule has 0 aromatic heterocycles. The van der Waals surface area contributed by atoms with Crippen molar-refractivity contribution in [3.8, 4) is 0 Å². The van der Waals surface area contributed by atoms with E-state index in [4.69, 9.17) is 4.74 Å². The lowest BCUT2D eigenvalue weighted by molar-refractivity contribution is -0.144. The lowest BCUT2D eigenvalue weighted by Gasteiger charge is -2.21. The summed E-state index contributed by atoms with van der Waals surface area (Å²) >= 11 is 0. The van der Waals surface area contributed by atoms with Gasteiger partial charge < -0.3 is 10.1 Å². The fourth-order valence-electron chi connectivity index (χ4n) is 2.05. The van der Waals surface area contributed by atoms with Gasteiger partial charge in [-0.2, -0.15) is 0 Å². The maximum atomic E-state index is 12.0. The number of ether oxygens (including phenoxy) is 1. The van der Waals surface area contributed by atoms with Crippen LogP contribution in [0.1, 0.15) is 46.5 Å². The first-order valence-corrected chi connectivity index (χ1v) is 7.81. The number of nitrogens with one attached hydrogen (secondary N) is 1. The van der Waals surface area contributed by atoms with Crippen LogP contribution in [0.2, 0.25) is 0 Å². The standard InChI is InChI=1S/C16H30N2O3/c1-5-8-9-10-14(4)17-15(19)12-18(11-6-2)13-16(20)21-7-3/h6,14H,2,5,7-13H2,1,3-4H3,(H,17,19). The fraction of sp³-hybridized carbons (Fsp3) is 0.750. The van der Waals surface area contributed by atoms with Gasteiger partial charge in [-0.05, 0) is 20.3 Å². The molecule has 1 atom stereocenters. The molecule has 0 aromatic rings. The van der Waals surface area contributed by atoms with E-state index in [-0.39, 0.29) is 31.0 Å². The second-order valence-electron chi connectivity index (χ2n) is 5.23. The highest BCUT2D eigenvalue weighted by Gasteiger charge is 2.15. The van der Waals surface area contributed by atoms with E-state index in [0.717, 1.165) is 12.8 Å². The molecule has 0 bridgehead atoms. The molecule has 0 aliphatic rings. The lowest BCUT2D eigenvalue weighted by Crippen LogP contribution is -2.43. The van der Waals surface area contributed by atoms with Crippen molar-refractivity contribution in [3.05, 3.63) is 12.7 Å². The summed E-state index contributed by atoms with van der Waals surface area (Å²) in [6.07, 6.45) is 6.15. The number of hydrogen-bond acceptors (Lipinski definition) is 4. The number of unbranched alkanes of at least 4 members (excludes halogenated alkanes) is 2. The van der Waals surface area contributed by atoms with Crippen molar-refractivity contribution in [1.82, 2.24) is 10.2 Å². The quantitative estimate of drug-likeness (QED) is 0.341. The van der Waals surface area contributed by atoms with Crippen LogP contribution in [0.4, 0.5) is 0 Å². The zero-order chi connectivity index (χ0) is 16.1. The first kappa shape index (κ1) is 19.6. The molecule has 0 fully saturated rings. The maximum Gasteiger partial charge on any atom is 0.320 e. The van der Waals surface area contributed by atoms with Crippen molar-refractivity contribution in [2.45, 2.75) is 52.5 Å². The molecule has 0 rings (SSSR count). The van der Waals surface area contributed by atoms with Crippen molar-refractivity contribution in [1.29, 1.82) is 0 Å². The Morgan fingerprint density at radius 1 is 1.29 bits per heavy atom. The van der Waals surface area contributed by atoms with Crippen LogP contribution < -0.4 is 5.32 Å². The average Bonchev–Trinajstić information content (AvgIpc) is 2.39. The minimum Gasteiger partial charge on any atom is -0.465 e. The predicted octanol–water partition coefficient (Wildman–Crippen LogP) is 2.12. The molecule has 0 saturated heterocycles. The van der Waals surface area contributed by atoms with Crippen LogP contribution in [0, 0.1) is 0 Å². The van der Waals surface area contributed by atoms with E-state index in [1.165, 1.54) is 12.8 Å². The van der Waals surface area contributed by atoms with E-state index in [1.54, 1.807) is 17.9 Å². The molecule has 1 N–H and O–H groups in total. The molecule has 1 amide bonds. The van der Waals surface area contributed by atoms with Crippen molar-refractivity contribution >= 4 is 11.9 Å². The van der Waals surface area contributed by atoms with Gasteiger partial charge in [-0.1, -0.05) is 32.3 Å². The Morgan fingerprint density at radius 2 is 2.00 bits per heavy atom. The first-order valence-electron chi connectivity index (χ1n) is 7.81. The van der Waals surface area contributed by atoms with Gasteiger partial charge in [-0.15, -0.1) is 6.58 Å². The second-order valence-corrected chi connectivity index (χ2v) is 5.23. The fourth-order valence-corrected chi connectivity index (χ4v) is 2.05. The molecular formula is C16H30N2O3. The van der Waals surface area contributed by atoms with Crippen LogP contribution in [0.15, 0.2) is 12.7 Å². The van der Waals surface area contributed by atoms with Gasteiger partial charge in [0.2, 0.25) is 5.91 Å². The van der Waals surface area contributed by atoms with E-state index >= 15 is 0 Å². The molecule has 1 unspecified atom stereocenters. The van der Waals surface area contributed by atoms with Crippen molar-refractivity contribution < 1.29 is 14.3 Å². The zero-order valence-electron chi connectivity index (χ0n) is 13.7. The molecule has 0 aromatic carbocycles. The number of hydrogen-bond donors (Lipinski definition) is 1. The Bertz CT molecular complexity index is 319. The van der Waals surface area contributed by atoms with Crippen LogP contribution in [0.25, 0.3) is 0 Å². The number of carbonyl (C=O) groups is 2. The van der Waals surface area contributed by atoms with Crippen molar-refractivity contribution in [2.75, 3.05) is 26.2 Å². The minimum absolute atomic E-state index is 0.0647.